The maximum absolute atomic E-state index is 12.5. The van der Waals surface area contributed by atoms with Crippen LogP contribution in [0, 0.1) is 0 Å². The summed E-state index contributed by atoms with van der Waals surface area (Å²) < 4.78 is 10.8. The van der Waals surface area contributed by atoms with Crippen LogP contribution in [-0.2, 0) is 19.1 Å². The standard InChI is InChI=1S/C22H33N3O5/c1-3-5-13-29-18-9-7-17(8-10-18)24-20(26)16-25-12-11-23-22(28)19(25)15-21(27)30-14-6-4-2/h7-10,19H,3-6,11-16H2,1-2H3,(H,23,28)(H,24,26). The third-order valence-corrected chi connectivity index (χ3v) is 4.81. The minimum atomic E-state index is -0.701. The van der Waals surface area contributed by atoms with Gasteiger partial charge in [-0.25, -0.2) is 0 Å². The number of piperazine rings is 1. The van der Waals surface area contributed by atoms with Gasteiger partial charge >= 0.3 is 5.97 Å². The van der Waals surface area contributed by atoms with E-state index in [0.29, 0.717) is 32.0 Å². The second kappa shape index (κ2) is 12.8. The lowest BCUT2D eigenvalue weighted by Gasteiger charge is -2.33. The van der Waals surface area contributed by atoms with E-state index in [-0.39, 0.29) is 24.8 Å². The SMILES string of the molecule is CCCCOC(=O)CC1C(=O)NCCN1CC(=O)Nc1ccc(OCCCC)cc1. The Morgan fingerprint density at radius 2 is 1.83 bits per heavy atom. The molecule has 0 aromatic heterocycles. The fourth-order valence-electron chi connectivity index (χ4n) is 3.07. The predicted molar refractivity (Wildman–Crippen MR) is 114 cm³/mol. The number of unbranched alkanes of at least 4 members (excludes halogenated alkanes) is 2. The Morgan fingerprint density at radius 1 is 1.13 bits per heavy atom. The zero-order valence-electron chi connectivity index (χ0n) is 17.9. The van der Waals surface area contributed by atoms with E-state index in [4.69, 9.17) is 9.47 Å². The molecule has 2 amide bonds. The van der Waals surface area contributed by atoms with Crippen LogP contribution in [0.2, 0.25) is 0 Å². The molecule has 2 N–H and O–H groups in total. The zero-order chi connectivity index (χ0) is 21.8. The van der Waals surface area contributed by atoms with Crippen molar-refractivity contribution in [2.45, 2.75) is 52.0 Å². The molecule has 1 fully saturated rings. The molecule has 1 heterocycles. The second-order valence-electron chi connectivity index (χ2n) is 7.33. The van der Waals surface area contributed by atoms with E-state index in [2.05, 4.69) is 17.6 Å². The summed E-state index contributed by atoms with van der Waals surface area (Å²) in [6.45, 7) is 6.09. The molecule has 166 valence electrons. The number of carbonyl (C=O) groups is 3. The molecule has 30 heavy (non-hydrogen) atoms. The average Bonchev–Trinajstić information content (AvgIpc) is 2.72. The molecular weight excluding hydrogens is 386 g/mol. The molecule has 1 saturated heterocycles. The molecule has 0 radical (unpaired) electrons. The van der Waals surface area contributed by atoms with E-state index < -0.39 is 12.0 Å². The van der Waals surface area contributed by atoms with Gasteiger partial charge in [0.25, 0.3) is 0 Å². The molecule has 8 nitrogen and oxygen atoms in total. The van der Waals surface area contributed by atoms with Crippen molar-refractivity contribution in [1.29, 1.82) is 0 Å². The third-order valence-electron chi connectivity index (χ3n) is 4.81. The van der Waals surface area contributed by atoms with Crippen molar-refractivity contribution < 1.29 is 23.9 Å². The van der Waals surface area contributed by atoms with Crippen molar-refractivity contribution >= 4 is 23.5 Å². The highest BCUT2D eigenvalue weighted by Crippen LogP contribution is 2.17. The van der Waals surface area contributed by atoms with Crippen LogP contribution in [0.5, 0.6) is 5.75 Å². The van der Waals surface area contributed by atoms with Gasteiger partial charge in [-0.05, 0) is 37.1 Å². The molecule has 1 aliphatic rings. The summed E-state index contributed by atoms with van der Waals surface area (Å²) in [7, 11) is 0. The fourth-order valence-corrected chi connectivity index (χ4v) is 3.07. The van der Waals surface area contributed by atoms with E-state index in [1.54, 1.807) is 17.0 Å². The van der Waals surface area contributed by atoms with Crippen LogP contribution in [0.3, 0.4) is 0 Å². The molecule has 1 atom stereocenters. The van der Waals surface area contributed by atoms with Gasteiger partial charge in [0.2, 0.25) is 11.8 Å². The number of hydrogen-bond donors (Lipinski definition) is 2. The summed E-state index contributed by atoms with van der Waals surface area (Å²) in [5.41, 5.74) is 0.653. The third kappa shape index (κ3) is 8.02. The molecule has 0 saturated carbocycles. The maximum Gasteiger partial charge on any atom is 0.307 e. The molecule has 1 aromatic carbocycles. The first kappa shape index (κ1) is 23.7. The monoisotopic (exact) mass is 419 g/mol. The molecule has 2 rings (SSSR count). The van der Waals surface area contributed by atoms with Crippen molar-refractivity contribution in [2.24, 2.45) is 0 Å². The minimum Gasteiger partial charge on any atom is -0.494 e. The number of ether oxygens (including phenoxy) is 2. The van der Waals surface area contributed by atoms with Gasteiger partial charge in [-0.3, -0.25) is 19.3 Å². The van der Waals surface area contributed by atoms with Crippen molar-refractivity contribution in [2.75, 3.05) is 38.2 Å². The van der Waals surface area contributed by atoms with E-state index in [1.165, 1.54) is 0 Å². The molecule has 1 aromatic rings. The highest BCUT2D eigenvalue weighted by Gasteiger charge is 2.33. The average molecular weight is 420 g/mol. The predicted octanol–water partition coefficient (Wildman–Crippen LogP) is 2.34. The van der Waals surface area contributed by atoms with Crippen LogP contribution in [0.25, 0.3) is 0 Å². The van der Waals surface area contributed by atoms with E-state index in [9.17, 15) is 14.4 Å². The molecule has 0 aliphatic carbocycles. The topological polar surface area (TPSA) is 97.0 Å². The summed E-state index contributed by atoms with van der Waals surface area (Å²) in [6.07, 6.45) is 3.72. The number of anilines is 1. The van der Waals surface area contributed by atoms with Gasteiger partial charge in [-0.2, -0.15) is 0 Å². The Kier molecular flexibility index (Phi) is 10.1. The van der Waals surface area contributed by atoms with Crippen molar-refractivity contribution in [3.05, 3.63) is 24.3 Å². The summed E-state index contributed by atoms with van der Waals surface area (Å²) in [6, 6.07) is 6.49. The lowest BCUT2D eigenvalue weighted by atomic mass is 10.1. The number of nitrogens with zero attached hydrogens (tertiary/aromatic N) is 1. The lowest BCUT2D eigenvalue weighted by Crippen LogP contribution is -2.57. The van der Waals surface area contributed by atoms with Crippen molar-refractivity contribution in [3.8, 4) is 5.75 Å². The largest absolute Gasteiger partial charge is 0.494 e. The van der Waals surface area contributed by atoms with Crippen LogP contribution in [0.15, 0.2) is 24.3 Å². The highest BCUT2D eigenvalue weighted by atomic mass is 16.5. The fraction of sp³-hybridized carbons (Fsp3) is 0.591. The number of hydrogen-bond acceptors (Lipinski definition) is 6. The first-order valence-corrected chi connectivity index (χ1v) is 10.7. The Balaban J connectivity index is 1.86. The number of amides is 2. The molecule has 1 unspecified atom stereocenters. The second-order valence-corrected chi connectivity index (χ2v) is 7.33. The number of carbonyl (C=O) groups excluding carboxylic acids is 3. The Morgan fingerprint density at radius 3 is 2.53 bits per heavy atom. The molecule has 8 heteroatoms. The minimum absolute atomic E-state index is 0.0229. The highest BCUT2D eigenvalue weighted by molar-refractivity contribution is 5.93. The number of nitrogens with one attached hydrogen (secondary N) is 2. The van der Waals surface area contributed by atoms with Crippen LogP contribution in [0.4, 0.5) is 5.69 Å². The first-order valence-electron chi connectivity index (χ1n) is 10.7. The quantitative estimate of drug-likeness (QED) is 0.399. The van der Waals surface area contributed by atoms with E-state index in [1.807, 2.05) is 19.1 Å². The summed E-state index contributed by atoms with van der Waals surface area (Å²) in [5, 5.41) is 5.58. The zero-order valence-corrected chi connectivity index (χ0v) is 17.9. The van der Waals surface area contributed by atoms with Gasteiger partial charge < -0.3 is 20.1 Å². The lowest BCUT2D eigenvalue weighted by molar-refractivity contribution is -0.149. The van der Waals surface area contributed by atoms with E-state index in [0.717, 1.165) is 31.4 Å². The van der Waals surface area contributed by atoms with Gasteiger partial charge in [0, 0.05) is 18.8 Å². The summed E-state index contributed by atoms with van der Waals surface area (Å²) in [5.74, 6) is -0.158. The van der Waals surface area contributed by atoms with Crippen LogP contribution >= 0.6 is 0 Å². The van der Waals surface area contributed by atoms with Crippen molar-refractivity contribution in [3.63, 3.8) is 0 Å². The maximum atomic E-state index is 12.5. The summed E-state index contributed by atoms with van der Waals surface area (Å²) in [4.78, 5) is 38.5. The van der Waals surface area contributed by atoms with Gasteiger partial charge in [-0.15, -0.1) is 0 Å². The number of benzene rings is 1. The first-order chi connectivity index (χ1) is 14.5. The van der Waals surface area contributed by atoms with Gasteiger partial charge in [0.15, 0.2) is 0 Å². The van der Waals surface area contributed by atoms with E-state index >= 15 is 0 Å². The Labute approximate surface area is 178 Å². The van der Waals surface area contributed by atoms with Crippen molar-refractivity contribution in [1.82, 2.24) is 10.2 Å². The van der Waals surface area contributed by atoms with Crippen LogP contribution < -0.4 is 15.4 Å². The smallest absolute Gasteiger partial charge is 0.307 e. The molecule has 1 aliphatic heterocycles. The molecule has 0 bridgehead atoms. The van der Waals surface area contributed by atoms with Gasteiger partial charge in [-0.1, -0.05) is 26.7 Å². The summed E-state index contributed by atoms with van der Waals surface area (Å²) >= 11 is 0. The number of esters is 1. The molecular formula is C22H33N3O5. The normalized spacial score (nSPS) is 16.6. The van der Waals surface area contributed by atoms with Crippen LogP contribution in [0.1, 0.15) is 46.0 Å². The molecule has 0 spiro atoms. The van der Waals surface area contributed by atoms with Gasteiger partial charge in [0.05, 0.1) is 26.2 Å². The Hall–Kier alpha value is -2.61. The van der Waals surface area contributed by atoms with Crippen LogP contribution in [-0.4, -0.2) is 61.6 Å². The number of rotatable bonds is 12. The Bertz CT molecular complexity index is 693. The van der Waals surface area contributed by atoms with Gasteiger partial charge in [0.1, 0.15) is 11.8 Å².